The van der Waals surface area contributed by atoms with E-state index in [0.29, 0.717) is 11.4 Å². The predicted molar refractivity (Wildman–Crippen MR) is 99.0 cm³/mol. The van der Waals surface area contributed by atoms with Crippen molar-refractivity contribution in [2.45, 2.75) is 37.5 Å². The Kier molecular flexibility index (Phi) is 5.08. The summed E-state index contributed by atoms with van der Waals surface area (Å²) in [5, 5.41) is 2.90. The topological polar surface area (TPSA) is 75.3 Å². The van der Waals surface area contributed by atoms with E-state index in [-0.39, 0.29) is 16.7 Å². The van der Waals surface area contributed by atoms with Gasteiger partial charge in [0.05, 0.1) is 4.90 Å². The molecule has 1 fully saturated rings. The third kappa shape index (κ3) is 4.39. The number of sulfonamides is 1. The lowest BCUT2D eigenvalue weighted by molar-refractivity contribution is -0.119. The van der Waals surface area contributed by atoms with Crippen LogP contribution in [0.4, 0.5) is 11.4 Å². The van der Waals surface area contributed by atoms with Crippen LogP contribution in [0.1, 0.15) is 31.2 Å². The molecule has 0 bridgehead atoms. The Hall–Kier alpha value is -2.34. The molecule has 0 saturated heterocycles. The van der Waals surface area contributed by atoms with E-state index in [0.717, 1.165) is 31.2 Å². The van der Waals surface area contributed by atoms with Gasteiger partial charge < -0.3 is 5.32 Å². The molecule has 5 nitrogen and oxygen atoms in total. The zero-order valence-corrected chi connectivity index (χ0v) is 15.0. The van der Waals surface area contributed by atoms with E-state index in [1.807, 2.05) is 6.92 Å². The van der Waals surface area contributed by atoms with Gasteiger partial charge in [0.15, 0.2) is 0 Å². The molecule has 132 valence electrons. The Bertz CT molecular complexity index is 837. The van der Waals surface area contributed by atoms with E-state index in [9.17, 15) is 13.2 Å². The quantitative estimate of drug-likeness (QED) is 0.850. The van der Waals surface area contributed by atoms with Gasteiger partial charge in [-0.3, -0.25) is 9.52 Å². The molecule has 1 amide bonds. The maximum atomic E-state index is 12.4. The zero-order chi connectivity index (χ0) is 17.9. The highest BCUT2D eigenvalue weighted by Gasteiger charge is 2.22. The minimum absolute atomic E-state index is 0.0467. The van der Waals surface area contributed by atoms with Crippen LogP contribution in [-0.4, -0.2) is 14.3 Å². The lowest BCUT2D eigenvalue weighted by Crippen LogP contribution is -2.20. The molecule has 2 N–H and O–H groups in total. The second kappa shape index (κ2) is 7.27. The monoisotopic (exact) mass is 358 g/mol. The predicted octanol–water partition coefficient (Wildman–Crippen LogP) is 3.92. The first-order valence-electron chi connectivity index (χ1n) is 8.44. The molecule has 0 radical (unpaired) electrons. The van der Waals surface area contributed by atoms with Crippen LogP contribution in [0.2, 0.25) is 0 Å². The second-order valence-corrected chi connectivity index (χ2v) is 8.15. The van der Waals surface area contributed by atoms with Crippen molar-refractivity contribution >= 4 is 27.3 Å². The average molecular weight is 358 g/mol. The molecule has 0 unspecified atom stereocenters. The van der Waals surface area contributed by atoms with Gasteiger partial charge in [0.1, 0.15) is 0 Å². The van der Waals surface area contributed by atoms with Gasteiger partial charge in [-0.25, -0.2) is 8.42 Å². The smallest absolute Gasteiger partial charge is 0.261 e. The van der Waals surface area contributed by atoms with E-state index in [1.54, 1.807) is 48.5 Å². The Balaban J connectivity index is 1.65. The molecule has 6 heteroatoms. The molecular weight excluding hydrogens is 336 g/mol. The number of hydrogen-bond donors (Lipinski definition) is 2. The number of carbonyl (C=O) groups excluding carboxylic acids is 1. The molecular formula is C19H22N2O3S. The summed E-state index contributed by atoms with van der Waals surface area (Å²) < 4.78 is 27.3. The molecule has 25 heavy (non-hydrogen) atoms. The molecule has 3 rings (SSSR count). The van der Waals surface area contributed by atoms with Crippen LogP contribution in [0.3, 0.4) is 0 Å². The van der Waals surface area contributed by atoms with Gasteiger partial charge in [-0.05, 0) is 56.2 Å². The minimum Gasteiger partial charge on any atom is -0.326 e. The van der Waals surface area contributed by atoms with Gasteiger partial charge in [0, 0.05) is 17.3 Å². The van der Waals surface area contributed by atoms with Crippen LogP contribution in [-0.2, 0) is 14.8 Å². The molecule has 0 atom stereocenters. The molecule has 0 aliphatic heterocycles. The number of amides is 1. The Morgan fingerprint density at radius 3 is 2.08 bits per heavy atom. The van der Waals surface area contributed by atoms with Crippen molar-refractivity contribution in [2.24, 2.45) is 5.92 Å². The lowest BCUT2D eigenvalue weighted by Gasteiger charge is -2.12. The van der Waals surface area contributed by atoms with Crippen molar-refractivity contribution in [1.82, 2.24) is 0 Å². The van der Waals surface area contributed by atoms with Gasteiger partial charge in [-0.2, -0.15) is 0 Å². The maximum absolute atomic E-state index is 12.4. The number of benzene rings is 2. The van der Waals surface area contributed by atoms with Gasteiger partial charge in [0.25, 0.3) is 10.0 Å². The van der Waals surface area contributed by atoms with E-state index in [2.05, 4.69) is 10.0 Å². The van der Waals surface area contributed by atoms with Crippen molar-refractivity contribution in [3.63, 3.8) is 0 Å². The summed E-state index contributed by atoms with van der Waals surface area (Å²) in [6.45, 7) is 1.91. The van der Waals surface area contributed by atoms with E-state index < -0.39 is 10.0 Å². The van der Waals surface area contributed by atoms with Crippen molar-refractivity contribution in [3.05, 3.63) is 54.1 Å². The average Bonchev–Trinajstić information content (AvgIpc) is 3.11. The van der Waals surface area contributed by atoms with Crippen LogP contribution >= 0.6 is 0 Å². The third-order valence-electron chi connectivity index (χ3n) is 4.46. The number of carbonyl (C=O) groups is 1. The van der Waals surface area contributed by atoms with Crippen LogP contribution in [0, 0.1) is 12.8 Å². The highest BCUT2D eigenvalue weighted by Crippen LogP contribution is 2.26. The summed E-state index contributed by atoms with van der Waals surface area (Å²) in [5.41, 5.74) is 2.14. The standard InChI is InChI=1S/C19H22N2O3S/c1-14-6-12-18(13-7-14)25(23,24)21-17-10-8-16(9-11-17)20-19(22)15-4-2-3-5-15/h6-13,15,21H,2-5H2,1H3,(H,20,22). The van der Waals surface area contributed by atoms with Crippen molar-refractivity contribution in [1.29, 1.82) is 0 Å². The van der Waals surface area contributed by atoms with Gasteiger partial charge in [0.2, 0.25) is 5.91 Å². The first-order chi connectivity index (χ1) is 11.9. The summed E-state index contributed by atoms with van der Waals surface area (Å²) in [6.07, 6.45) is 4.11. The summed E-state index contributed by atoms with van der Waals surface area (Å²) in [7, 11) is -3.62. The molecule has 0 heterocycles. The molecule has 0 aromatic heterocycles. The Morgan fingerprint density at radius 2 is 1.48 bits per heavy atom. The van der Waals surface area contributed by atoms with E-state index >= 15 is 0 Å². The number of aryl methyl sites for hydroxylation is 1. The van der Waals surface area contributed by atoms with Crippen LogP contribution in [0.5, 0.6) is 0 Å². The first kappa shape index (κ1) is 17.5. The van der Waals surface area contributed by atoms with Crippen LogP contribution < -0.4 is 10.0 Å². The molecule has 1 saturated carbocycles. The Labute approximate surface area is 148 Å². The fourth-order valence-corrected chi connectivity index (χ4v) is 4.04. The zero-order valence-electron chi connectivity index (χ0n) is 14.2. The van der Waals surface area contributed by atoms with Crippen molar-refractivity contribution in [2.75, 3.05) is 10.0 Å². The van der Waals surface area contributed by atoms with E-state index in [1.165, 1.54) is 0 Å². The molecule has 1 aliphatic rings. The molecule has 1 aliphatic carbocycles. The molecule has 2 aromatic carbocycles. The third-order valence-corrected chi connectivity index (χ3v) is 5.86. The van der Waals surface area contributed by atoms with Crippen LogP contribution in [0.25, 0.3) is 0 Å². The molecule has 0 spiro atoms. The second-order valence-electron chi connectivity index (χ2n) is 6.47. The summed E-state index contributed by atoms with van der Waals surface area (Å²) in [4.78, 5) is 12.3. The fraction of sp³-hybridized carbons (Fsp3) is 0.316. The number of hydrogen-bond acceptors (Lipinski definition) is 3. The van der Waals surface area contributed by atoms with E-state index in [4.69, 9.17) is 0 Å². The largest absolute Gasteiger partial charge is 0.326 e. The first-order valence-corrected chi connectivity index (χ1v) is 9.93. The highest BCUT2D eigenvalue weighted by atomic mass is 32.2. The molecule has 2 aromatic rings. The normalized spacial score (nSPS) is 15.1. The Morgan fingerprint density at radius 1 is 0.920 bits per heavy atom. The van der Waals surface area contributed by atoms with Crippen LogP contribution in [0.15, 0.2) is 53.4 Å². The number of anilines is 2. The van der Waals surface area contributed by atoms with Gasteiger partial charge in [-0.15, -0.1) is 0 Å². The van der Waals surface area contributed by atoms with Crippen molar-refractivity contribution < 1.29 is 13.2 Å². The SMILES string of the molecule is Cc1ccc(S(=O)(=O)Nc2ccc(NC(=O)C3CCCC3)cc2)cc1. The highest BCUT2D eigenvalue weighted by molar-refractivity contribution is 7.92. The van der Waals surface area contributed by atoms with Gasteiger partial charge >= 0.3 is 0 Å². The lowest BCUT2D eigenvalue weighted by atomic mass is 10.1. The van der Waals surface area contributed by atoms with Crippen molar-refractivity contribution in [3.8, 4) is 0 Å². The minimum atomic E-state index is -3.62. The summed E-state index contributed by atoms with van der Waals surface area (Å²) in [5.74, 6) is 0.144. The number of rotatable bonds is 5. The maximum Gasteiger partial charge on any atom is 0.261 e. The number of nitrogens with one attached hydrogen (secondary N) is 2. The fourth-order valence-electron chi connectivity index (χ4n) is 2.99. The summed E-state index contributed by atoms with van der Waals surface area (Å²) in [6, 6.07) is 13.4. The summed E-state index contributed by atoms with van der Waals surface area (Å²) >= 11 is 0. The van der Waals surface area contributed by atoms with Gasteiger partial charge in [-0.1, -0.05) is 30.5 Å².